The first-order valence-electron chi connectivity index (χ1n) is 6.61. The quantitative estimate of drug-likeness (QED) is 0.879. The fourth-order valence-electron chi connectivity index (χ4n) is 2.33. The van der Waals surface area contributed by atoms with Crippen molar-refractivity contribution in [3.8, 4) is 5.75 Å². The molecule has 0 saturated carbocycles. The Morgan fingerprint density at radius 3 is 2.50 bits per heavy atom. The maximum Gasteiger partial charge on any atom is 0.142 e. The first kappa shape index (κ1) is 13.2. The standard InChI is InChI=1S/C14H22N2O2/c1-3-18-14-7-5-4-6-13(14)16-10-8-15(9-11-16)12(2)17/h4-7,12,17H,3,8-11H2,1-2H3. The summed E-state index contributed by atoms with van der Waals surface area (Å²) >= 11 is 0. The minimum absolute atomic E-state index is 0.353. The molecule has 1 unspecified atom stereocenters. The molecule has 0 aromatic heterocycles. The second-order valence-electron chi connectivity index (χ2n) is 4.56. The van der Waals surface area contributed by atoms with Gasteiger partial charge in [0.1, 0.15) is 12.0 Å². The van der Waals surface area contributed by atoms with Gasteiger partial charge in [0, 0.05) is 26.2 Å². The van der Waals surface area contributed by atoms with E-state index < -0.39 is 0 Å². The number of rotatable bonds is 4. The summed E-state index contributed by atoms with van der Waals surface area (Å²) in [5, 5.41) is 9.56. The summed E-state index contributed by atoms with van der Waals surface area (Å²) < 4.78 is 5.66. The molecular weight excluding hydrogens is 228 g/mol. The zero-order valence-corrected chi connectivity index (χ0v) is 11.2. The van der Waals surface area contributed by atoms with Crippen LogP contribution in [0.4, 0.5) is 5.69 Å². The molecule has 1 N–H and O–H groups in total. The van der Waals surface area contributed by atoms with Gasteiger partial charge in [-0.1, -0.05) is 12.1 Å². The van der Waals surface area contributed by atoms with Gasteiger partial charge in [0.15, 0.2) is 0 Å². The van der Waals surface area contributed by atoms with Crippen molar-refractivity contribution in [3.63, 3.8) is 0 Å². The van der Waals surface area contributed by atoms with Crippen molar-refractivity contribution in [1.82, 2.24) is 4.90 Å². The van der Waals surface area contributed by atoms with Crippen LogP contribution in [0.25, 0.3) is 0 Å². The third-order valence-electron chi connectivity index (χ3n) is 3.35. The predicted octanol–water partition coefficient (Wildman–Crippen LogP) is 1.55. The van der Waals surface area contributed by atoms with Gasteiger partial charge in [0.05, 0.1) is 12.3 Å². The van der Waals surface area contributed by atoms with Crippen molar-refractivity contribution >= 4 is 5.69 Å². The first-order chi connectivity index (χ1) is 8.72. The molecule has 1 aliphatic rings. The van der Waals surface area contributed by atoms with E-state index in [0.717, 1.165) is 37.6 Å². The van der Waals surface area contributed by atoms with Gasteiger partial charge in [-0.25, -0.2) is 0 Å². The third kappa shape index (κ3) is 2.94. The van der Waals surface area contributed by atoms with E-state index in [4.69, 9.17) is 4.74 Å². The Morgan fingerprint density at radius 2 is 1.89 bits per heavy atom. The van der Waals surface area contributed by atoms with Crippen molar-refractivity contribution in [2.24, 2.45) is 0 Å². The summed E-state index contributed by atoms with van der Waals surface area (Å²) in [6.45, 7) is 8.14. The number of para-hydroxylation sites is 2. The molecule has 1 saturated heterocycles. The van der Waals surface area contributed by atoms with Gasteiger partial charge in [-0.2, -0.15) is 0 Å². The average molecular weight is 250 g/mol. The number of hydrogen-bond acceptors (Lipinski definition) is 4. The number of nitrogens with zero attached hydrogens (tertiary/aromatic N) is 2. The van der Waals surface area contributed by atoms with Crippen LogP contribution in [0.15, 0.2) is 24.3 Å². The Balaban J connectivity index is 2.05. The van der Waals surface area contributed by atoms with Crippen LogP contribution in [0.5, 0.6) is 5.75 Å². The zero-order valence-electron chi connectivity index (χ0n) is 11.2. The summed E-state index contributed by atoms with van der Waals surface area (Å²) in [6, 6.07) is 8.16. The van der Waals surface area contributed by atoms with Crippen LogP contribution in [0.2, 0.25) is 0 Å². The van der Waals surface area contributed by atoms with Crippen molar-refractivity contribution < 1.29 is 9.84 Å². The van der Waals surface area contributed by atoms with Gasteiger partial charge in [-0.05, 0) is 26.0 Å². The van der Waals surface area contributed by atoms with Gasteiger partial charge in [0.25, 0.3) is 0 Å². The summed E-state index contributed by atoms with van der Waals surface area (Å²) in [4.78, 5) is 4.41. The highest BCUT2D eigenvalue weighted by atomic mass is 16.5. The van der Waals surface area contributed by atoms with Gasteiger partial charge < -0.3 is 14.7 Å². The van der Waals surface area contributed by atoms with E-state index in [2.05, 4.69) is 15.9 Å². The minimum atomic E-state index is -0.353. The van der Waals surface area contributed by atoms with Crippen LogP contribution in [0, 0.1) is 0 Å². The largest absolute Gasteiger partial charge is 0.492 e. The van der Waals surface area contributed by atoms with E-state index in [-0.39, 0.29) is 6.23 Å². The molecule has 0 radical (unpaired) electrons. The SMILES string of the molecule is CCOc1ccccc1N1CCN(C(C)O)CC1. The smallest absolute Gasteiger partial charge is 0.142 e. The summed E-state index contributed by atoms with van der Waals surface area (Å²) in [7, 11) is 0. The molecule has 0 bridgehead atoms. The molecule has 1 aromatic rings. The number of hydrogen-bond donors (Lipinski definition) is 1. The lowest BCUT2D eigenvalue weighted by atomic mass is 10.2. The number of anilines is 1. The maximum absolute atomic E-state index is 9.56. The van der Waals surface area contributed by atoms with Gasteiger partial charge in [0.2, 0.25) is 0 Å². The molecule has 1 heterocycles. The van der Waals surface area contributed by atoms with Crippen molar-refractivity contribution in [2.75, 3.05) is 37.7 Å². The fraction of sp³-hybridized carbons (Fsp3) is 0.571. The summed E-state index contributed by atoms with van der Waals surface area (Å²) in [6.07, 6.45) is -0.353. The van der Waals surface area contributed by atoms with Crippen molar-refractivity contribution in [3.05, 3.63) is 24.3 Å². The van der Waals surface area contributed by atoms with Crippen LogP contribution < -0.4 is 9.64 Å². The lowest BCUT2D eigenvalue weighted by Gasteiger charge is -2.37. The second kappa shape index (κ2) is 6.07. The number of ether oxygens (including phenoxy) is 1. The molecule has 4 nitrogen and oxygen atoms in total. The van der Waals surface area contributed by atoms with Crippen LogP contribution in [-0.4, -0.2) is 49.0 Å². The highest BCUT2D eigenvalue weighted by molar-refractivity contribution is 5.58. The van der Waals surface area contributed by atoms with E-state index in [1.807, 2.05) is 32.0 Å². The Kier molecular flexibility index (Phi) is 4.44. The highest BCUT2D eigenvalue weighted by Gasteiger charge is 2.21. The Labute approximate surface area is 109 Å². The monoisotopic (exact) mass is 250 g/mol. The van der Waals surface area contributed by atoms with E-state index in [1.165, 1.54) is 0 Å². The molecule has 0 spiro atoms. The van der Waals surface area contributed by atoms with Crippen molar-refractivity contribution in [2.45, 2.75) is 20.1 Å². The molecular formula is C14H22N2O2. The van der Waals surface area contributed by atoms with E-state index in [1.54, 1.807) is 0 Å². The number of aliphatic hydroxyl groups is 1. The summed E-state index contributed by atoms with van der Waals surface area (Å²) in [5.41, 5.74) is 1.16. The molecule has 0 aliphatic carbocycles. The van der Waals surface area contributed by atoms with Crippen LogP contribution in [0.1, 0.15) is 13.8 Å². The van der Waals surface area contributed by atoms with Crippen LogP contribution in [-0.2, 0) is 0 Å². The molecule has 1 atom stereocenters. The van der Waals surface area contributed by atoms with E-state index in [0.29, 0.717) is 6.61 Å². The topological polar surface area (TPSA) is 35.9 Å². The molecule has 18 heavy (non-hydrogen) atoms. The van der Waals surface area contributed by atoms with Crippen LogP contribution in [0.3, 0.4) is 0 Å². The number of piperazine rings is 1. The van der Waals surface area contributed by atoms with E-state index in [9.17, 15) is 5.11 Å². The first-order valence-corrected chi connectivity index (χ1v) is 6.61. The molecule has 1 fully saturated rings. The lowest BCUT2D eigenvalue weighted by Crippen LogP contribution is -2.49. The Hall–Kier alpha value is -1.26. The molecule has 1 aromatic carbocycles. The molecule has 1 aliphatic heterocycles. The number of benzene rings is 1. The predicted molar refractivity (Wildman–Crippen MR) is 73.1 cm³/mol. The minimum Gasteiger partial charge on any atom is -0.492 e. The molecule has 0 amide bonds. The molecule has 100 valence electrons. The Bertz CT molecular complexity index is 374. The van der Waals surface area contributed by atoms with E-state index >= 15 is 0 Å². The fourth-order valence-corrected chi connectivity index (χ4v) is 2.33. The summed E-state index contributed by atoms with van der Waals surface area (Å²) in [5.74, 6) is 0.950. The second-order valence-corrected chi connectivity index (χ2v) is 4.56. The third-order valence-corrected chi connectivity index (χ3v) is 3.35. The number of aliphatic hydroxyl groups excluding tert-OH is 1. The molecule has 2 rings (SSSR count). The van der Waals surface area contributed by atoms with Crippen molar-refractivity contribution in [1.29, 1.82) is 0 Å². The lowest BCUT2D eigenvalue weighted by molar-refractivity contribution is 0.0153. The van der Waals surface area contributed by atoms with Crippen LogP contribution >= 0.6 is 0 Å². The highest BCUT2D eigenvalue weighted by Crippen LogP contribution is 2.28. The normalized spacial score (nSPS) is 18.7. The average Bonchev–Trinajstić information content (AvgIpc) is 2.40. The van der Waals surface area contributed by atoms with Gasteiger partial charge in [-0.15, -0.1) is 0 Å². The van der Waals surface area contributed by atoms with Gasteiger partial charge in [-0.3, -0.25) is 4.90 Å². The van der Waals surface area contributed by atoms with Gasteiger partial charge >= 0.3 is 0 Å². The zero-order chi connectivity index (χ0) is 13.0. The Morgan fingerprint density at radius 1 is 1.22 bits per heavy atom. The molecule has 4 heteroatoms. The maximum atomic E-state index is 9.56.